The number of nitrogens with one attached hydrogen (secondary N) is 1. The molecule has 0 radical (unpaired) electrons. The van der Waals surface area contributed by atoms with Crippen molar-refractivity contribution < 1.29 is 4.79 Å². The van der Waals surface area contributed by atoms with Gasteiger partial charge in [-0.1, -0.05) is 53.7 Å². The van der Waals surface area contributed by atoms with Crippen LogP contribution in [0.15, 0.2) is 78.2 Å². The zero-order valence-electron chi connectivity index (χ0n) is 18.2. The lowest BCUT2D eigenvalue weighted by Gasteiger charge is -2.09. The van der Waals surface area contributed by atoms with E-state index in [1.54, 1.807) is 24.2 Å². The van der Waals surface area contributed by atoms with Gasteiger partial charge >= 0.3 is 0 Å². The lowest BCUT2D eigenvalue weighted by atomic mass is 10.1. The smallest absolute Gasteiger partial charge is 0.251 e. The highest BCUT2D eigenvalue weighted by Crippen LogP contribution is 2.26. The minimum Gasteiger partial charge on any atom is -0.348 e. The van der Waals surface area contributed by atoms with E-state index in [1.807, 2.05) is 36.4 Å². The summed E-state index contributed by atoms with van der Waals surface area (Å²) in [6.45, 7) is 5.43. The summed E-state index contributed by atoms with van der Waals surface area (Å²) in [6, 6.07) is 19.8. The maximum absolute atomic E-state index is 12.6. The van der Waals surface area contributed by atoms with Crippen LogP contribution in [-0.2, 0) is 18.8 Å². The average Bonchev–Trinajstić information content (AvgIpc) is 3.25. The van der Waals surface area contributed by atoms with E-state index in [4.69, 9.17) is 0 Å². The summed E-state index contributed by atoms with van der Waals surface area (Å²) in [6.07, 6.45) is 3.44. The van der Waals surface area contributed by atoms with Crippen LogP contribution < -0.4 is 5.32 Å². The van der Waals surface area contributed by atoms with E-state index in [0.29, 0.717) is 17.9 Å². The van der Waals surface area contributed by atoms with Gasteiger partial charge in [-0.3, -0.25) is 9.78 Å². The number of rotatable bonds is 8. The van der Waals surface area contributed by atoms with Crippen LogP contribution >= 0.6 is 11.8 Å². The van der Waals surface area contributed by atoms with Crippen molar-refractivity contribution in [3.05, 3.63) is 95.3 Å². The van der Waals surface area contributed by atoms with Gasteiger partial charge in [-0.05, 0) is 49.2 Å². The van der Waals surface area contributed by atoms with Gasteiger partial charge in [0.25, 0.3) is 5.91 Å². The molecule has 0 bridgehead atoms. The van der Waals surface area contributed by atoms with Crippen molar-refractivity contribution in [3.8, 4) is 11.4 Å². The van der Waals surface area contributed by atoms with Crippen LogP contribution in [0, 0.1) is 6.92 Å². The molecule has 0 aliphatic rings. The predicted octanol–water partition coefficient (Wildman–Crippen LogP) is 4.89. The molecular weight excluding hydrogens is 418 g/mol. The SMILES string of the molecule is CCn1c(SCc2cccc(C(=O)NCc3ccncc3)c2)nnc1-c1ccc(C)cc1. The van der Waals surface area contributed by atoms with Crippen LogP contribution in [0.5, 0.6) is 0 Å². The van der Waals surface area contributed by atoms with Gasteiger partial charge in [0.1, 0.15) is 0 Å². The molecule has 4 rings (SSSR count). The van der Waals surface area contributed by atoms with Gasteiger partial charge < -0.3 is 9.88 Å². The van der Waals surface area contributed by atoms with Crippen molar-refractivity contribution in [3.63, 3.8) is 0 Å². The topological polar surface area (TPSA) is 72.7 Å². The van der Waals surface area contributed by atoms with Crippen LogP contribution in [0.3, 0.4) is 0 Å². The van der Waals surface area contributed by atoms with Gasteiger partial charge in [0.15, 0.2) is 11.0 Å². The maximum atomic E-state index is 12.6. The normalized spacial score (nSPS) is 10.8. The number of carbonyl (C=O) groups is 1. The molecule has 0 aliphatic carbocycles. The zero-order chi connectivity index (χ0) is 22.3. The van der Waals surface area contributed by atoms with Crippen molar-refractivity contribution in [2.24, 2.45) is 0 Å². The first-order chi connectivity index (χ1) is 15.6. The quantitative estimate of drug-likeness (QED) is 0.393. The molecule has 0 unspecified atom stereocenters. The highest BCUT2D eigenvalue weighted by molar-refractivity contribution is 7.98. The van der Waals surface area contributed by atoms with Crippen LogP contribution in [-0.4, -0.2) is 25.7 Å². The minimum absolute atomic E-state index is 0.0907. The van der Waals surface area contributed by atoms with E-state index in [1.165, 1.54) is 5.56 Å². The van der Waals surface area contributed by atoms with E-state index >= 15 is 0 Å². The van der Waals surface area contributed by atoms with E-state index in [2.05, 4.69) is 63.2 Å². The van der Waals surface area contributed by atoms with Crippen molar-refractivity contribution in [1.29, 1.82) is 0 Å². The number of amides is 1. The molecule has 1 amide bonds. The lowest BCUT2D eigenvalue weighted by molar-refractivity contribution is 0.0951. The second kappa shape index (κ2) is 10.2. The number of aromatic nitrogens is 4. The summed E-state index contributed by atoms with van der Waals surface area (Å²) < 4.78 is 2.13. The number of benzene rings is 2. The zero-order valence-corrected chi connectivity index (χ0v) is 19.0. The summed E-state index contributed by atoms with van der Waals surface area (Å²) in [4.78, 5) is 16.6. The Labute approximate surface area is 192 Å². The highest BCUT2D eigenvalue weighted by Gasteiger charge is 2.14. The average molecular weight is 444 g/mol. The fourth-order valence-corrected chi connectivity index (χ4v) is 4.28. The van der Waals surface area contributed by atoms with Crippen LogP contribution in [0.2, 0.25) is 0 Å². The molecule has 2 heterocycles. The van der Waals surface area contributed by atoms with Gasteiger partial charge in [-0.15, -0.1) is 10.2 Å². The lowest BCUT2D eigenvalue weighted by Crippen LogP contribution is -2.22. The second-order valence-electron chi connectivity index (χ2n) is 7.44. The summed E-state index contributed by atoms with van der Waals surface area (Å²) in [5.74, 6) is 1.49. The Bertz CT molecular complexity index is 1190. The number of pyridine rings is 1. The van der Waals surface area contributed by atoms with E-state index in [9.17, 15) is 4.79 Å². The Hall–Kier alpha value is -3.45. The Morgan fingerprint density at radius 2 is 1.78 bits per heavy atom. The summed E-state index contributed by atoms with van der Waals surface area (Å²) >= 11 is 1.62. The monoisotopic (exact) mass is 443 g/mol. The first-order valence-corrected chi connectivity index (χ1v) is 11.5. The standard InChI is InChI=1S/C25H25N5OS/c1-3-30-23(21-9-7-18(2)8-10-21)28-29-25(30)32-17-20-5-4-6-22(15-20)24(31)27-16-19-11-13-26-14-12-19/h4-15H,3,16-17H2,1-2H3,(H,27,31). The third-order valence-corrected chi connectivity index (χ3v) is 6.14. The van der Waals surface area contributed by atoms with Crippen molar-refractivity contribution in [1.82, 2.24) is 25.1 Å². The Morgan fingerprint density at radius 3 is 2.53 bits per heavy atom. The number of hydrogen-bond acceptors (Lipinski definition) is 5. The Morgan fingerprint density at radius 1 is 1.00 bits per heavy atom. The fraction of sp³-hybridized carbons (Fsp3) is 0.200. The molecule has 1 N–H and O–H groups in total. The number of carbonyl (C=O) groups excluding carboxylic acids is 1. The molecule has 0 spiro atoms. The molecule has 32 heavy (non-hydrogen) atoms. The molecule has 162 valence electrons. The van der Waals surface area contributed by atoms with Gasteiger partial charge in [0, 0.05) is 42.4 Å². The first-order valence-electron chi connectivity index (χ1n) is 10.5. The van der Waals surface area contributed by atoms with Crippen molar-refractivity contribution in [2.45, 2.75) is 37.8 Å². The molecule has 2 aromatic heterocycles. The highest BCUT2D eigenvalue weighted by atomic mass is 32.2. The summed E-state index contributed by atoms with van der Waals surface area (Å²) in [5.41, 5.74) is 5.01. The van der Waals surface area contributed by atoms with E-state index in [-0.39, 0.29) is 5.91 Å². The molecule has 6 nitrogen and oxygen atoms in total. The molecule has 0 saturated heterocycles. The molecule has 7 heteroatoms. The first kappa shape index (κ1) is 21.8. The third-order valence-electron chi connectivity index (χ3n) is 5.10. The minimum atomic E-state index is -0.0907. The maximum Gasteiger partial charge on any atom is 0.251 e. The van der Waals surface area contributed by atoms with Gasteiger partial charge in [0.2, 0.25) is 0 Å². The van der Waals surface area contributed by atoms with Crippen LogP contribution in [0.25, 0.3) is 11.4 Å². The molecule has 0 saturated carbocycles. The summed E-state index contributed by atoms with van der Waals surface area (Å²) in [7, 11) is 0. The molecule has 0 fully saturated rings. The molecular formula is C25H25N5OS. The Kier molecular flexibility index (Phi) is 6.97. The number of nitrogens with zero attached hydrogens (tertiary/aromatic N) is 4. The summed E-state index contributed by atoms with van der Waals surface area (Å²) in [5, 5.41) is 12.7. The van der Waals surface area contributed by atoms with Crippen molar-refractivity contribution in [2.75, 3.05) is 0 Å². The predicted molar refractivity (Wildman–Crippen MR) is 127 cm³/mol. The van der Waals surface area contributed by atoms with Gasteiger partial charge in [-0.2, -0.15) is 0 Å². The van der Waals surface area contributed by atoms with E-state index in [0.717, 1.165) is 34.2 Å². The van der Waals surface area contributed by atoms with E-state index < -0.39 is 0 Å². The Balaban J connectivity index is 1.42. The number of hydrogen-bond donors (Lipinski definition) is 1. The van der Waals surface area contributed by atoms with Crippen molar-refractivity contribution >= 4 is 17.7 Å². The number of thioether (sulfide) groups is 1. The second-order valence-corrected chi connectivity index (χ2v) is 8.39. The van der Waals surface area contributed by atoms with Crippen LogP contribution in [0.4, 0.5) is 0 Å². The number of aryl methyl sites for hydroxylation is 1. The van der Waals surface area contributed by atoms with Gasteiger partial charge in [-0.25, -0.2) is 0 Å². The molecule has 0 aliphatic heterocycles. The molecule has 0 atom stereocenters. The fourth-order valence-electron chi connectivity index (χ4n) is 3.33. The molecule has 2 aromatic carbocycles. The van der Waals surface area contributed by atoms with Crippen LogP contribution in [0.1, 0.15) is 34.0 Å². The molecule has 4 aromatic rings. The third kappa shape index (κ3) is 5.23. The van der Waals surface area contributed by atoms with Gasteiger partial charge in [0.05, 0.1) is 0 Å². The largest absolute Gasteiger partial charge is 0.348 e.